The molecule has 1 atom stereocenters. The fourth-order valence-electron chi connectivity index (χ4n) is 3.29. The van der Waals surface area contributed by atoms with E-state index in [1.165, 1.54) is 5.01 Å². The lowest BCUT2D eigenvalue weighted by molar-refractivity contribution is -0.134. The predicted molar refractivity (Wildman–Crippen MR) is 137 cm³/mol. The maximum Gasteiger partial charge on any atom is 0.409 e. The summed E-state index contributed by atoms with van der Waals surface area (Å²) in [7, 11) is 0. The number of hydrogen-bond acceptors (Lipinski definition) is 7. The van der Waals surface area contributed by atoms with Crippen LogP contribution in [0.25, 0.3) is 0 Å². The molecule has 0 radical (unpaired) electrons. The number of carboxylic acid groups (broad SMARTS) is 3. The molecule has 2 amide bonds. The van der Waals surface area contributed by atoms with Crippen molar-refractivity contribution in [3.05, 3.63) is 78.0 Å². The van der Waals surface area contributed by atoms with E-state index < -0.39 is 18.0 Å². The Morgan fingerprint density at radius 1 is 0.947 bits per heavy atom. The van der Waals surface area contributed by atoms with Crippen molar-refractivity contribution in [2.24, 2.45) is 0 Å². The zero-order valence-corrected chi connectivity index (χ0v) is 20.8. The van der Waals surface area contributed by atoms with E-state index in [9.17, 15) is 19.2 Å². The Bertz CT molecular complexity index is 1180. The van der Waals surface area contributed by atoms with Crippen LogP contribution in [-0.4, -0.2) is 57.5 Å². The summed E-state index contributed by atoms with van der Waals surface area (Å²) in [6.07, 6.45) is 4.30. The molecule has 0 spiro atoms. The molecule has 202 valence electrons. The second-order valence-electron chi connectivity index (χ2n) is 7.57. The minimum atomic E-state index is -1.26. The van der Waals surface area contributed by atoms with Gasteiger partial charge in [0.15, 0.2) is 11.5 Å². The van der Waals surface area contributed by atoms with E-state index in [0.717, 1.165) is 5.56 Å². The van der Waals surface area contributed by atoms with Crippen LogP contribution in [0.1, 0.15) is 42.2 Å². The van der Waals surface area contributed by atoms with Crippen LogP contribution in [0.15, 0.2) is 66.9 Å². The molecule has 3 rings (SSSR count). The molecule has 1 aliphatic rings. The van der Waals surface area contributed by atoms with Crippen molar-refractivity contribution in [3.63, 3.8) is 0 Å². The predicted octanol–water partition coefficient (Wildman–Crippen LogP) is 3.89. The number of carbonyl (C=O) groups excluding carboxylic acids is 1. The largest absolute Gasteiger partial charge is 0.490 e. The Morgan fingerprint density at radius 2 is 1.55 bits per heavy atom. The molecule has 0 fully saturated rings. The van der Waals surface area contributed by atoms with Gasteiger partial charge in [0.05, 0.1) is 19.3 Å². The van der Waals surface area contributed by atoms with Crippen molar-refractivity contribution in [1.29, 1.82) is 0 Å². The number of amides is 2. The average molecular weight is 528 g/mol. The van der Waals surface area contributed by atoms with Crippen LogP contribution in [-0.2, 0) is 9.59 Å². The highest BCUT2D eigenvalue weighted by atomic mass is 16.5. The summed E-state index contributed by atoms with van der Waals surface area (Å²) in [5.74, 6) is -1.39. The van der Waals surface area contributed by atoms with Gasteiger partial charge in [-0.05, 0) is 62.2 Å². The van der Waals surface area contributed by atoms with Crippen LogP contribution in [0, 0.1) is 0 Å². The smallest absolute Gasteiger partial charge is 0.409 e. The van der Waals surface area contributed by atoms with Crippen molar-refractivity contribution in [2.45, 2.75) is 26.3 Å². The number of aliphatic carboxylic acids is 2. The highest BCUT2D eigenvalue weighted by Crippen LogP contribution is 2.32. The molecule has 12 heteroatoms. The second-order valence-corrected chi connectivity index (χ2v) is 7.57. The molecular weight excluding hydrogens is 498 g/mol. The van der Waals surface area contributed by atoms with Gasteiger partial charge in [-0.25, -0.2) is 24.8 Å². The topological polar surface area (TPSA) is 175 Å². The third kappa shape index (κ3) is 9.32. The van der Waals surface area contributed by atoms with E-state index >= 15 is 0 Å². The molecule has 0 saturated carbocycles. The lowest BCUT2D eigenvalue weighted by atomic mass is 10.0. The van der Waals surface area contributed by atoms with E-state index in [4.69, 9.17) is 24.8 Å². The first kappa shape index (κ1) is 29.4. The number of ether oxygens (including phenoxy) is 2. The number of benzene rings is 2. The molecule has 0 saturated heterocycles. The minimum Gasteiger partial charge on any atom is -0.490 e. The molecule has 1 aliphatic heterocycles. The summed E-state index contributed by atoms with van der Waals surface area (Å²) in [6.45, 7) is 4.91. The fourth-order valence-corrected chi connectivity index (χ4v) is 3.29. The van der Waals surface area contributed by atoms with Crippen LogP contribution in [0.5, 0.6) is 11.5 Å². The molecular formula is C26H29N3O9. The molecule has 1 unspecified atom stereocenters. The van der Waals surface area contributed by atoms with Gasteiger partial charge < -0.3 is 24.8 Å². The maximum atomic E-state index is 12.8. The number of nitrogens with one attached hydrogen (secondary N) is 2. The zero-order valence-electron chi connectivity index (χ0n) is 20.8. The monoisotopic (exact) mass is 527 g/mol. The zero-order chi connectivity index (χ0) is 28.1. The van der Waals surface area contributed by atoms with Gasteiger partial charge in [-0.3, -0.25) is 10.1 Å². The van der Waals surface area contributed by atoms with Gasteiger partial charge in [-0.2, -0.15) is 0 Å². The number of rotatable bonds is 9. The number of anilines is 1. The Kier molecular flexibility index (Phi) is 11.3. The molecule has 38 heavy (non-hydrogen) atoms. The van der Waals surface area contributed by atoms with Gasteiger partial charge in [0, 0.05) is 29.6 Å². The molecule has 0 aliphatic carbocycles. The summed E-state index contributed by atoms with van der Waals surface area (Å²) in [5.41, 5.74) is 5.04. The van der Waals surface area contributed by atoms with E-state index in [2.05, 4.69) is 10.7 Å². The number of hydrogen-bond donors (Lipinski definition) is 5. The van der Waals surface area contributed by atoms with Gasteiger partial charge >= 0.3 is 18.0 Å². The second kappa shape index (κ2) is 14.7. The van der Waals surface area contributed by atoms with E-state index in [1.54, 1.807) is 30.5 Å². The molecule has 2 aromatic rings. The molecule has 2 aromatic carbocycles. The lowest BCUT2D eigenvalue weighted by Gasteiger charge is -2.30. The SMILES string of the molecule is CCOc1ccc(C2CC=CN(C(=O)c3ccc(NC(=O)O)cc3)N2)cc1OCC.O=C(O)/C=C/C(=O)O. The first-order valence-corrected chi connectivity index (χ1v) is 11.5. The number of nitrogens with zero attached hydrogens (tertiary/aromatic N) is 1. The molecule has 0 bridgehead atoms. The van der Waals surface area contributed by atoms with Gasteiger partial charge in [0.1, 0.15) is 0 Å². The number of hydrazine groups is 1. The molecule has 5 N–H and O–H groups in total. The summed E-state index contributed by atoms with van der Waals surface area (Å²) in [4.78, 5) is 42.7. The number of carbonyl (C=O) groups is 4. The lowest BCUT2D eigenvalue weighted by Crippen LogP contribution is -2.43. The van der Waals surface area contributed by atoms with Crippen molar-refractivity contribution in [1.82, 2.24) is 10.4 Å². The van der Waals surface area contributed by atoms with Gasteiger partial charge in [0.2, 0.25) is 0 Å². The number of carboxylic acids is 2. The Balaban J connectivity index is 0.000000550. The summed E-state index contributed by atoms with van der Waals surface area (Å²) < 4.78 is 11.3. The Morgan fingerprint density at radius 3 is 2.11 bits per heavy atom. The Hall–Kier alpha value is -4.84. The summed E-state index contributed by atoms with van der Waals surface area (Å²) in [6, 6.07) is 11.9. The third-order valence-corrected chi connectivity index (χ3v) is 4.86. The fraction of sp³-hybridized carbons (Fsp3) is 0.231. The standard InChI is InChI=1S/C22H25N3O5.C4H4O4/c1-3-29-19-12-9-16(14-20(19)30-4-2)18-6-5-13-25(24-18)21(26)15-7-10-17(11-8-15)23-22(27)28;5-3(6)1-2-4(7)8/h5,7-14,18,23-24H,3-4,6H2,1-2H3,(H,27,28);1-2H,(H,5,6)(H,7,8)/b;2-1+. The first-order valence-electron chi connectivity index (χ1n) is 11.5. The van der Waals surface area contributed by atoms with Crippen LogP contribution in [0.2, 0.25) is 0 Å². The minimum absolute atomic E-state index is 0.109. The van der Waals surface area contributed by atoms with Crippen LogP contribution >= 0.6 is 0 Å². The van der Waals surface area contributed by atoms with Gasteiger partial charge in [-0.1, -0.05) is 12.1 Å². The highest BCUT2D eigenvalue weighted by Gasteiger charge is 2.23. The van der Waals surface area contributed by atoms with Crippen LogP contribution in [0.4, 0.5) is 10.5 Å². The van der Waals surface area contributed by atoms with Crippen LogP contribution < -0.4 is 20.2 Å². The first-order chi connectivity index (χ1) is 18.1. The molecule has 0 aromatic heterocycles. The van der Waals surface area contributed by atoms with Crippen molar-refractivity contribution in [2.75, 3.05) is 18.5 Å². The maximum absolute atomic E-state index is 12.8. The van der Waals surface area contributed by atoms with Gasteiger partial charge in [0.25, 0.3) is 5.91 Å². The van der Waals surface area contributed by atoms with Crippen molar-refractivity contribution < 1.29 is 44.0 Å². The van der Waals surface area contributed by atoms with E-state index in [-0.39, 0.29) is 11.9 Å². The molecule has 12 nitrogen and oxygen atoms in total. The normalized spacial score (nSPS) is 14.3. The van der Waals surface area contributed by atoms with Gasteiger partial charge in [-0.15, -0.1) is 0 Å². The third-order valence-electron chi connectivity index (χ3n) is 4.86. The quantitative estimate of drug-likeness (QED) is 0.301. The van der Waals surface area contributed by atoms with Crippen LogP contribution in [0.3, 0.4) is 0 Å². The Labute approximate surface area is 218 Å². The summed E-state index contributed by atoms with van der Waals surface area (Å²) >= 11 is 0. The summed E-state index contributed by atoms with van der Waals surface area (Å²) in [5, 5.41) is 28.1. The van der Waals surface area contributed by atoms with E-state index in [0.29, 0.717) is 54.5 Å². The van der Waals surface area contributed by atoms with Crippen molar-refractivity contribution >= 4 is 29.6 Å². The average Bonchev–Trinajstić information content (AvgIpc) is 2.89. The van der Waals surface area contributed by atoms with Crippen molar-refractivity contribution in [3.8, 4) is 11.5 Å². The highest BCUT2D eigenvalue weighted by molar-refractivity contribution is 5.95. The molecule has 1 heterocycles. The van der Waals surface area contributed by atoms with E-state index in [1.807, 2.05) is 38.1 Å².